The normalized spacial score (nSPS) is 11.8. The summed E-state index contributed by atoms with van der Waals surface area (Å²) in [6.45, 7) is 1.67. The molecule has 0 aliphatic carbocycles. The highest BCUT2D eigenvalue weighted by Crippen LogP contribution is 2.02. The first-order chi connectivity index (χ1) is 8.59. The van der Waals surface area contributed by atoms with Gasteiger partial charge >= 0.3 is 11.9 Å². The Kier molecular flexibility index (Phi) is 5.87. The van der Waals surface area contributed by atoms with Crippen LogP contribution in [0.15, 0.2) is 30.3 Å². The highest BCUT2D eigenvalue weighted by Gasteiger charge is 2.12. The largest absolute Gasteiger partial charge is 0.479 e. The Morgan fingerprint density at radius 2 is 1.94 bits per heavy atom. The Morgan fingerprint density at radius 3 is 2.56 bits per heavy atom. The minimum Gasteiger partial charge on any atom is -0.479 e. The van der Waals surface area contributed by atoms with E-state index in [-0.39, 0.29) is 19.6 Å². The highest BCUT2D eigenvalue weighted by molar-refractivity contribution is 5.72. The molecule has 1 N–H and O–H groups in total. The van der Waals surface area contributed by atoms with Crippen LogP contribution in [-0.2, 0) is 25.7 Å². The van der Waals surface area contributed by atoms with E-state index < -0.39 is 18.0 Å². The number of aliphatic carboxylic acids is 1. The third-order valence-corrected chi connectivity index (χ3v) is 2.26. The van der Waals surface area contributed by atoms with Crippen LogP contribution in [0.1, 0.15) is 18.9 Å². The molecule has 0 heterocycles. The third-order valence-electron chi connectivity index (χ3n) is 2.26. The molecule has 0 spiro atoms. The van der Waals surface area contributed by atoms with E-state index >= 15 is 0 Å². The van der Waals surface area contributed by atoms with Crippen LogP contribution in [0.4, 0.5) is 0 Å². The maximum absolute atomic E-state index is 11.3. The number of rotatable bonds is 7. The molecule has 1 aromatic rings. The van der Waals surface area contributed by atoms with Gasteiger partial charge in [0.2, 0.25) is 0 Å². The molecule has 5 nitrogen and oxygen atoms in total. The number of carboxylic acids is 1. The molecule has 98 valence electrons. The van der Waals surface area contributed by atoms with E-state index in [0.717, 1.165) is 5.56 Å². The van der Waals surface area contributed by atoms with Gasteiger partial charge in [-0.1, -0.05) is 30.3 Å². The molecule has 0 fully saturated rings. The van der Waals surface area contributed by atoms with Crippen LogP contribution in [0.5, 0.6) is 0 Å². The molecular weight excluding hydrogens is 236 g/mol. The first kappa shape index (κ1) is 14.2. The van der Waals surface area contributed by atoms with Crippen molar-refractivity contribution in [3.63, 3.8) is 0 Å². The molecule has 18 heavy (non-hydrogen) atoms. The molecule has 1 rings (SSSR count). The van der Waals surface area contributed by atoms with Crippen LogP contribution >= 0.6 is 0 Å². The van der Waals surface area contributed by atoms with Crippen molar-refractivity contribution in [1.82, 2.24) is 0 Å². The quantitative estimate of drug-likeness (QED) is 0.746. The molecule has 1 atom stereocenters. The second kappa shape index (κ2) is 7.45. The SMILES string of the molecule is CC(OCCC(=O)OCc1ccccc1)C(=O)O. The first-order valence-corrected chi connectivity index (χ1v) is 5.63. The zero-order valence-electron chi connectivity index (χ0n) is 10.2. The van der Waals surface area contributed by atoms with Gasteiger partial charge in [-0.05, 0) is 12.5 Å². The van der Waals surface area contributed by atoms with Gasteiger partial charge < -0.3 is 14.6 Å². The molecule has 0 saturated carbocycles. The molecule has 0 amide bonds. The van der Waals surface area contributed by atoms with E-state index in [9.17, 15) is 9.59 Å². The predicted molar refractivity (Wildman–Crippen MR) is 63.9 cm³/mol. The summed E-state index contributed by atoms with van der Waals surface area (Å²) in [4.78, 5) is 21.8. The average Bonchev–Trinajstić information content (AvgIpc) is 2.37. The summed E-state index contributed by atoms with van der Waals surface area (Å²) in [7, 11) is 0. The van der Waals surface area contributed by atoms with Crippen molar-refractivity contribution in [2.45, 2.75) is 26.1 Å². The number of carboxylic acid groups (broad SMARTS) is 1. The van der Waals surface area contributed by atoms with Crippen LogP contribution in [-0.4, -0.2) is 29.8 Å². The van der Waals surface area contributed by atoms with E-state index in [4.69, 9.17) is 14.6 Å². The molecule has 1 unspecified atom stereocenters. The monoisotopic (exact) mass is 252 g/mol. The van der Waals surface area contributed by atoms with E-state index in [2.05, 4.69) is 0 Å². The van der Waals surface area contributed by atoms with Crippen molar-refractivity contribution in [3.8, 4) is 0 Å². The maximum atomic E-state index is 11.3. The number of esters is 1. The lowest BCUT2D eigenvalue weighted by molar-refractivity contribution is -0.153. The number of carbonyl (C=O) groups excluding carboxylic acids is 1. The Labute approximate surface area is 105 Å². The summed E-state index contributed by atoms with van der Waals surface area (Å²) in [5.41, 5.74) is 0.908. The molecule has 1 aromatic carbocycles. The summed E-state index contributed by atoms with van der Waals surface area (Å²) in [5, 5.41) is 8.56. The van der Waals surface area contributed by atoms with Gasteiger partial charge in [0.15, 0.2) is 6.10 Å². The van der Waals surface area contributed by atoms with Crippen LogP contribution in [0.25, 0.3) is 0 Å². The Bertz CT molecular complexity index is 388. The second-order valence-corrected chi connectivity index (χ2v) is 3.75. The summed E-state index contributed by atoms with van der Waals surface area (Å²) in [5.74, 6) is -1.45. The van der Waals surface area contributed by atoms with Crippen molar-refractivity contribution in [2.24, 2.45) is 0 Å². The molecule has 0 radical (unpaired) electrons. The first-order valence-electron chi connectivity index (χ1n) is 5.63. The fourth-order valence-corrected chi connectivity index (χ4v) is 1.20. The molecule has 0 aromatic heterocycles. The second-order valence-electron chi connectivity index (χ2n) is 3.75. The molecule has 0 bridgehead atoms. The number of carbonyl (C=O) groups is 2. The van der Waals surface area contributed by atoms with Crippen molar-refractivity contribution < 1.29 is 24.2 Å². The zero-order valence-corrected chi connectivity index (χ0v) is 10.2. The topological polar surface area (TPSA) is 72.8 Å². The lowest BCUT2D eigenvalue weighted by Crippen LogP contribution is -2.21. The van der Waals surface area contributed by atoms with Gasteiger partial charge in [-0.3, -0.25) is 4.79 Å². The van der Waals surface area contributed by atoms with Crippen LogP contribution < -0.4 is 0 Å². The van der Waals surface area contributed by atoms with Crippen LogP contribution in [0.3, 0.4) is 0 Å². The van der Waals surface area contributed by atoms with Gasteiger partial charge in [0.05, 0.1) is 13.0 Å². The molecular formula is C13H16O5. The van der Waals surface area contributed by atoms with Crippen molar-refractivity contribution in [3.05, 3.63) is 35.9 Å². The fraction of sp³-hybridized carbons (Fsp3) is 0.385. The van der Waals surface area contributed by atoms with E-state index in [1.165, 1.54) is 6.92 Å². The van der Waals surface area contributed by atoms with E-state index in [1.807, 2.05) is 30.3 Å². The summed E-state index contributed by atoms with van der Waals surface area (Å²) >= 11 is 0. The smallest absolute Gasteiger partial charge is 0.332 e. The van der Waals surface area contributed by atoms with Crippen LogP contribution in [0.2, 0.25) is 0 Å². The summed E-state index contributed by atoms with van der Waals surface area (Å²) in [6, 6.07) is 9.32. The number of hydrogen-bond donors (Lipinski definition) is 1. The minimum absolute atomic E-state index is 0.0427. The Morgan fingerprint density at radius 1 is 1.28 bits per heavy atom. The third kappa shape index (κ3) is 5.45. The maximum Gasteiger partial charge on any atom is 0.332 e. The van der Waals surface area contributed by atoms with E-state index in [1.54, 1.807) is 0 Å². The molecule has 0 saturated heterocycles. The summed E-state index contributed by atoms with van der Waals surface area (Å²) in [6.07, 6.45) is -0.864. The van der Waals surface area contributed by atoms with Gasteiger partial charge in [-0.15, -0.1) is 0 Å². The number of ether oxygens (including phenoxy) is 2. The van der Waals surface area contributed by atoms with Gasteiger partial charge in [0.1, 0.15) is 6.61 Å². The zero-order chi connectivity index (χ0) is 13.4. The number of hydrogen-bond acceptors (Lipinski definition) is 4. The number of benzene rings is 1. The van der Waals surface area contributed by atoms with Crippen LogP contribution in [0, 0.1) is 0 Å². The predicted octanol–water partition coefficient (Wildman–Crippen LogP) is 1.61. The summed E-state index contributed by atoms with van der Waals surface area (Å²) < 4.78 is 9.93. The Hall–Kier alpha value is -1.88. The van der Waals surface area contributed by atoms with Gasteiger partial charge in [0, 0.05) is 0 Å². The standard InChI is InChI=1S/C13H16O5/c1-10(13(15)16)17-8-7-12(14)18-9-11-5-3-2-4-6-11/h2-6,10H,7-9H2,1H3,(H,15,16). The lowest BCUT2D eigenvalue weighted by atomic mass is 10.2. The van der Waals surface area contributed by atoms with Crippen molar-refractivity contribution in [2.75, 3.05) is 6.61 Å². The highest BCUT2D eigenvalue weighted by atomic mass is 16.5. The molecule has 0 aliphatic heterocycles. The van der Waals surface area contributed by atoms with Gasteiger partial charge in [-0.25, -0.2) is 4.79 Å². The van der Waals surface area contributed by atoms with Gasteiger partial charge in [0.25, 0.3) is 0 Å². The molecule has 0 aliphatic rings. The van der Waals surface area contributed by atoms with Crippen molar-refractivity contribution >= 4 is 11.9 Å². The average molecular weight is 252 g/mol. The van der Waals surface area contributed by atoms with Crippen molar-refractivity contribution in [1.29, 1.82) is 0 Å². The lowest BCUT2D eigenvalue weighted by Gasteiger charge is -2.08. The Balaban J connectivity index is 2.17. The molecule has 5 heteroatoms. The fourth-order valence-electron chi connectivity index (χ4n) is 1.20. The van der Waals surface area contributed by atoms with E-state index in [0.29, 0.717) is 0 Å². The van der Waals surface area contributed by atoms with Gasteiger partial charge in [-0.2, -0.15) is 0 Å². The minimum atomic E-state index is -1.05.